The number of allylic oxidation sites excluding steroid dienone is 1. The van der Waals surface area contributed by atoms with E-state index in [2.05, 4.69) is 17.3 Å². The van der Waals surface area contributed by atoms with Crippen molar-refractivity contribution < 1.29 is 4.79 Å². The molecule has 1 heterocycles. The summed E-state index contributed by atoms with van der Waals surface area (Å²) in [5, 5.41) is 0. The van der Waals surface area contributed by atoms with Crippen LogP contribution in [0.1, 0.15) is 17.0 Å². The lowest BCUT2D eigenvalue weighted by Gasteiger charge is -1.96. The van der Waals surface area contributed by atoms with Crippen molar-refractivity contribution in [1.29, 1.82) is 0 Å². The maximum atomic E-state index is 10.2. The Bertz CT molecular complexity index is 294. The van der Waals surface area contributed by atoms with E-state index in [-0.39, 0.29) is 0 Å². The molecule has 0 spiro atoms. The summed E-state index contributed by atoms with van der Waals surface area (Å²) in [6.07, 6.45) is 2.44. The number of hydrogen-bond donors (Lipinski definition) is 1. The smallest absolute Gasteiger partial charge is 0.145 e. The highest BCUT2D eigenvalue weighted by atomic mass is 32.1. The van der Waals surface area contributed by atoms with E-state index in [4.69, 9.17) is 0 Å². The predicted octanol–water partition coefficient (Wildman–Crippen LogP) is 1.71. The number of aldehydes is 1. The molecular weight excluding hydrogens is 196 g/mol. The van der Waals surface area contributed by atoms with Crippen LogP contribution in [0.3, 0.4) is 0 Å². The highest BCUT2D eigenvalue weighted by Crippen LogP contribution is 2.15. The second-order valence-corrected chi connectivity index (χ2v) is 3.58. The molecule has 0 saturated heterocycles. The van der Waals surface area contributed by atoms with Crippen LogP contribution in [0.2, 0.25) is 0 Å². The van der Waals surface area contributed by atoms with Crippen molar-refractivity contribution in [3.8, 4) is 0 Å². The minimum atomic E-state index is 0.655. The SMILES string of the molecule is C=C(C=O)CCc1scnc1C.CN. The molecule has 0 saturated carbocycles. The van der Waals surface area contributed by atoms with E-state index in [0.717, 1.165) is 24.8 Å². The van der Waals surface area contributed by atoms with E-state index < -0.39 is 0 Å². The van der Waals surface area contributed by atoms with E-state index >= 15 is 0 Å². The third-order valence-corrected chi connectivity index (χ3v) is 2.68. The lowest BCUT2D eigenvalue weighted by atomic mass is 10.1. The molecule has 0 amide bonds. The van der Waals surface area contributed by atoms with Crippen LogP contribution in [-0.4, -0.2) is 18.3 Å². The molecular formula is C10H16N2OS. The summed E-state index contributed by atoms with van der Waals surface area (Å²) in [5.74, 6) is 0. The number of hydrogen-bond acceptors (Lipinski definition) is 4. The first-order chi connectivity index (χ1) is 6.74. The second-order valence-electron chi connectivity index (χ2n) is 2.64. The third-order valence-electron chi connectivity index (χ3n) is 1.68. The lowest BCUT2D eigenvalue weighted by Crippen LogP contribution is -1.88. The number of aryl methyl sites for hydroxylation is 2. The first kappa shape index (κ1) is 13.0. The number of rotatable bonds is 4. The van der Waals surface area contributed by atoms with Gasteiger partial charge in [-0.3, -0.25) is 4.79 Å². The van der Waals surface area contributed by atoms with E-state index in [1.54, 1.807) is 11.3 Å². The van der Waals surface area contributed by atoms with Gasteiger partial charge in [0, 0.05) is 4.88 Å². The van der Waals surface area contributed by atoms with Gasteiger partial charge < -0.3 is 5.73 Å². The molecule has 0 aliphatic carbocycles. The summed E-state index contributed by atoms with van der Waals surface area (Å²) in [6, 6.07) is 0. The number of carbonyl (C=O) groups excluding carboxylic acids is 1. The van der Waals surface area contributed by atoms with Crippen LogP contribution in [0.25, 0.3) is 0 Å². The largest absolute Gasteiger partial charge is 0.333 e. The van der Waals surface area contributed by atoms with Gasteiger partial charge in [-0.05, 0) is 32.4 Å². The predicted molar refractivity (Wildman–Crippen MR) is 60.5 cm³/mol. The van der Waals surface area contributed by atoms with Gasteiger partial charge in [0.05, 0.1) is 11.2 Å². The fourth-order valence-electron chi connectivity index (χ4n) is 0.899. The molecule has 0 unspecified atom stereocenters. The first-order valence-corrected chi connectivity index (χ1v) is 5.21. The third kappa shape index (κ3) is 4.30. The molecule has 1 rings (SSSR count). The minimum absolute atomic E-state index is 0.655. The Kier molecular flexibility index (Phi) is 6.88. The minimum Gasteiger partial charge on any atom is -0.333 e. The summed E-state index contributed by atoms with van der Waals surface area (Å²) < 4.78 is 0. The van der Waals surface area contributed by atoms with E-state index in [0.29, 0.717) is 5.57 Å². The maximum absolute atomic E-state index is 10.2. The van der Waals surface area contributed by atoms with Gasteiger partial charge in [0.2, 0.25) is 0 Å². The molecule has 4 heteroatoms. The van der Waals surface area contributed by atoms with E-state index in [1.165, 1.54) is 11.9 Å². The summed E-state index contributed by atoms with van der Waals surface area (Å²) in [6.45, 7) is 5.60. The van der Waals surface area contributed by atoms with Crippen molar-refractivity contribution in [3.05, 3.63) is 28.2 Å². The highest BCUT2D eigenvalue weighted by molar-refractivity contribution is 7.09. The molecule has 3 nitrogen and oxygen atoms in total. The molecule has 0 aliphatic rings. The van der Waals surface area contributed by atoms with Crippen LogP contribution >= 0.6 is 11.3 Å². The highest BCUT2D eigenvalue weighted by Gasteiger charge is 2.01. The number of thiazole rings is 1. The van der Waals surface area contributed by atoms with Crippen LogP contribution in [0.5, 0.6) is 0 Å². The van der Waals surface area contributed by atoms with Gasteiger partial charge in [0.25, 0.3) is 0 Å². The molecule has 2 N–H and O–H groups in total. The Morgan fingerprint density at radius 3 is 2.79 bits per heavy atom. The molecule has 78 valence electrons. The molecule has 0 bridgehead atoms. The summed E-state index contributed by atoms with van der Waals surface area (Å²) >= 11 is 1.63. The zero-order chi connectivity index (χ0) is 11.0. The molecule has 0 aromatic carbocycles. The Balaban J connectivity index is 0.000000791. The van der Waals surface area contributed by atoms with Gasteiger partial charge in [-0.15, -0.1) is 11.3 Å². The zero-order valence-electron chi connectivity index (χ0n) is 8.62. The summed E-state index contributed by atoms with van der Waals surface area (Å²) in [4.78, 5) is 15.6. The number of nitrogens with two attached hydrogens (primary N) is 1. The van der Waals surface area contributed by atoms with Crippen LogP contribution in [0.15, 0.2) is 17.7 Å². The van der Waals surface area contributed by atoms with Crippen molar-refractivity contribution in [3.63, 3.8) is 0 Å². The topological polar surface area (TPSA) is 56.0 Å². The Morgan fingerprint density at radius 2 is 2.36 bits per heavy atom. The molecule has 0 atom stereocenters. The van der Waals surface area contributed by atoms with Crippen LogP contribution in [0, 0.1) is 6.92 Å². The van der Waals surface area contributed by atoms with E-state index in [1.807, 2.05) is 12.4 Å². The van der Waals surface area contributed by atoms with Gasteiger partial charge in [-0.2, -0.15) is 0 Å². The Labute approximate surface area is 88.7 Å². The Morgan fingerprint density at radius 1 is 1.71 bits per heavy atom. The van der Waals surface area contributed by atoms with Crippen molar-refractivity contribution >= 4 is 17.6 Å². The standard InChI is InChI=1S/C9H11NOS.CH5N/c1-7(5-11)3-4-9-8(2)10-6-12-9;1-2/h5-6H,1,3-4H2,2H3;2H2,1H3. The van der Waals surface area contributed by atoms with Crippen LogP contribution < -0.4 is 5.73 Å². The zero-order valence-corrected chi connectivity index (χ0v) is 9.43. The number of aromatic nitrogens is 1. The van der Waals surface area contributed by atoms with Crippen molar-refractivity contribution in [2.45, 2.75) is 19.8 Å². The molecule has 0 aliphatic heterocycles. The van der Waals surface area contributed by atoms with Crippen LogP contribution in [0.4, 0.5) is 0 Å². The van der Waals surface area contributed by atoms with Gasteiger partial charge in [0.15, 0.2) is 0 Å². The van der Waals surface area contributed by atoms with E-state index in [9.17, 15) is 4.79 Å². The van der Waals surface area contributed by atoms with Crippen LogP contribution in [-0.2, 0) is 11.2 Å². The van der Waals surface area contributed by atoms with Gasteiger partial charge in [-0.1, -0.05) is 6.58 Å². The second kappa shape index (κ2) is 7.41. The van der Waals surface area contributed by atoms with Gasteiger partial charge in [0.1, 0.15) is 6.29 Å². The maximum Gasteiger partial charge on any atom is 0.145 e. The lowest BCUT2D eigenvalue weighted by molar-refractivity contribution is -0.105. The molecule has 0 fully saturated rings. The Hall–Kier alpha value is -1.00. The van der Waals surface area contributed by atoms with Gasteiger partial charge in [-0.25, -0.2) is 4.98 Å². The average molecular weight is 212 g/mol. The normalized spacial score (nSPS) is 8.79. The average Bonchev–Trinajstić information content (AvgIpc) is 2.63. The van der Waals surface area contributed by atoms with Crippen molar-refractivity contribution in [2.75, 3.05) is 7.05 Å². The fourth-order valence-corrected chi connectivity index (χ4v) is 1.68. The first-order valence-electron chi connectivity index (χ1n) is 4.33. The fraction of sp³-hybridized carbons (Fsp3) is 0.400. The summed E-state index contributed by atoms with van der Waals surface area (Å²) in [7, 11) is 1.50. The van der Waals surface area contributed by atoms with Crippen molar-refractivity contribution in [2.24, 2.45) is 5.73 Å². The quantitative estimate of drug-likeness (QED) is 0.610. The number of carbonyl (C=O) groups is 1. The molecule has 1 aromatic heterocycles. The van der Waals surface area contributed by atoms with Crippen molar-refractivity contribution in [1.82, 2.24) is 4.98 Å². The summed E-state index contributed by atoms with van der Waals surface area (Å²) in [5.41, 5.74) is 8.05. The number of nitrogens with zero attached hydrogens (tertiary/aromatic N) is 1. The molecule has 14 heavy (non-hydrogen) atoms. The van der Waals surface area contributed by atoms with Gasteiger partial charge >= 0.3 is 0 Å². The molecule has 1 aromatic rings. The molecule has 0 radical (unpaired) electrons. The monoisotopic (exact) mass is 212 g/mol.